The molecule has 5 nitrogen and oxygen atoms in total. The van der Waals surface area contributed by atoms with Crippen LogP contribution in [0.1, 0.15) is 18.1 Å². The first-order valence-corrected chi connectivity index (χ1v) is 6.76. The summed E-state index contributed by atoms with van der Waals surface area (Å²) in [4.78, 5) is 0.229. The van der Waals surface area contributed by atoms with Gasteiger partial charge in [0.25, 0.3) is 0 Å². The van der Waals surface area contributed by atoms with Gasteiger partial charge >= 0.3 is 0 Å². The maximum absolute atomic E-state index is 12.1. The highest BCUT2D eigenvalue weighted by molar-refractivity contribution is 7.89. The van der Waals surface area contributed by atoms with Crippen LogP contribution in [-0.4, -0.2) is 26.2 Å². The fraction of sp³-hybridized carbons (Fsp3) is 0.455. The van der Waals surface area contributed by atoms with Crippen molar-refractivity contribution in [1.82, 2.24) is 4.72 Å². The predicted octanol–water partition coefficient (Wildman–Crippen LogP) is 0.545. The molecule has 1 rings (SSSR count). The van der Waals surface area contributed by atoms with E-state index < -0.39 is 16.1 Å². The van der Waals surface area contributed by atoms with E-state index in [2.05, 4.69) is 4.72 Å². The monoisotopic (exact) mass is 258 g/mol. The number of benzene rings is 1. The molecule has 0 heterocycles. The Balaban J connectivity index is 3.25. The fourth-order valence-corrected chi connectivity index (χ4v) is 3.46. The minimum Gasteiger partial charge on any atom is -0.399 e. The summed E-state index contributed by atoms with van der Waals surface area (Å²) < 4.78 is 26.6. The van der Waals surface area contributed by atoms with Crippen molar-refractivity contribution in [2.45, 2.75) is 31.7 Å². The average Bonchev–Trinajstić information content (AvgIpc) is 2.14. The van der Waals surface area contributed by atoms with Gasteiger partial charge < -0.3 is 10.8 Å². The lowest BCUT2D eigenvalue weighted by molar-refractivity contribution is 0.265. The number of rotatable bonds is 4. The molecule has 0 aliphatic rings. The second kappa shape index (κ2) is 5.03. The van der Waals surface area contributed by atoms with Crippen LogP contribution in [0.5, 0.6) is 0 Å². The van der Waals surface area contributed by atoms with Gasteiger partial charge in [-0.15, -0.1) is 0 Å². The summed E-state index contributed by atoms with van der Waals surface area (Å²) in [5, 5.41) is 8.88. The van der Waals surface area contributed by atoms with Crippen LogP contribution in [0.3, 0.4) is 0 Å². The normalized spacial score (nSPS) is 13.6. The molecule has 0 radical (unpaired) electrons. The van der Waals surface area contributed by atoms with Crippen LogP contribution in [0.4, 0.5) is 5.69 Å². The van der Waals surface area contributed by atoms with Gasteiger partial charge in [0.2, 0.25) is 10.0 Å². The van der Waals surface area contributed by atoms with Crippen molar-refractivity contribution < 1.29 is 13.5 Å². The number of nitrogens with one attached hydrogen (secondary N) is 1. The summed E-state index contributed by atoms with van der Waals surface area (Å²) in [6.45, 7) is 4.74. The second-order valence-corrected chi connectivity index (χ2v) is 5.84. The molecule has 0 unspecified atom stereocenters. The molecule has 0 aromatic heterocycles. The molecular formula is C11H18N2O3S. The van der Waals surface area contributed by atoms with Gasteiger partial charge in [-0.05, 0) is 44.0 Å². The first-order valence-electron chi connectivity index (χ1n) is 5.28. The first-order chi connectivity index (χ1) is 7.77. The number of aliphatic hydroxyl groups excluding tert-OH is 1. The molecule has 0 saturated carbocycles. The lowest BCUT2D eigenvalue weighted by atomic mass is 10.1. The van der Waals surface area contributed by atoms with E-state index in [1.54, 1.807) is 32.9 Å². The molecule has 0 aliphatic carbocycles. The van der Waals surface area contributed by atoms with E-state index in [0.717, 1.165) is 0 Å². The van der Waals surface area contributed by atoms with Crippen molar-refractivity contribution in [3.8, 4) is 0 Å². The zero-order valence-corrected chi connectivity index (χ0v) is 11.0. The van der Waals surface area contributed by atoms with Crippen LogP contribution in [0.2, 0.25) is 0 Å². The third-order valence-electron chi connectivity index (χ3n) is 2.38. The number of sulfonamides is 1. The van der Waals surface area contributed by atoms with Gasteiger partial charge in [0.05, 0.1) is 11.5 Å². The van der Waals surface area contributed by atoms with Gasteiger partial charge in [-0.25, -0.2) is 13.1 Å². The summed E-state index contributed by atoms with van der Waals surface area (Å²) in [7, 11) is -3.62. The molecule has 0 bridgehead atoms. The Kier molecular flexibility index (Phi) is 4.13. The Hall–Kier alpha value is -1.11. The Morgan fingerprint density at radius 2 is 1.82 bits per heavy atom. The number of hydrogen-bond acceptors (Lipinski definition) is 4. The maximum atomic E-state index is 12.1. The molecule has 1 aromatic rings. The number of aryl methyl sites for hydroxylation is 2. The molecule has 0 aliphatic heterocycles. The number of nitrogens with two attached hydrogens (primary N) is 1. The molecule has 0 amide bonds. The molecule has 17 heavy (non-hydrogen) atoms. The Morgan fingerprint density at radius 1 is 1.35 bits per heavy atom. The molecule has 6 heteroatoms. The molecule has 1 atom stereocenters. The quantitative estimate of drug-likeness (QED) is 0.687. The summed E-state index contributed by atoms with van der Waals surface area (Å²) in [5.74, 6) is 0. The third kappa shape index (κ3) is 3.18. The van der Waals surface area contributed by atoms with Crippen LogP contribution in [-0.2, 0) is 10.0 Å². The summed E-state index contributed by atoms with van der Waals surface area (Å²) in [6, 6.07) is 2.72. The van der Waals surface area contributed by atoms with Gasteiger partial charge in [-0.1, -0.05) is 0 Å². The lowest BCUT2D eigenvalue weighted by Gasteiger charge is -2.15. The van der Waals surface area contributed by atoms with Gasteiger partial charge in [0, 0.05) is 11.7 Å². The zero-order valence-electron chi connectivity index (χ0n) is 10.2. The molecule has 0 saturated heterocycles. The number of nitrogen functional groups attached to an aromatic ring is 1. The third-order valence-corrected chi connectivity index (χ3v) is 4.28. The Labute approximate surface area is 102 Å². The van der Waals surface area contributed by atoms with E-state index in [9.17, 15) is 8.42 Å². The maximum Gasteiger partial charge on any atom is 0.241 e. The summed E-state index contributed by atoms with van der Waals surface area (Å²) in [6.07, 6.45) is 0. The van der Waals surface area contributed by atoms with Crippen LogP contribution >= 0.6 is 0 Å². The van der Waals surface area contributed by atoms with Gasteiger partial charge in [0.15, 0.2) is 0 Å². The smallest absolute Gasteiger partial charge is 0.241 e. The number of hydrogen-bond donors (Lipinski definition) is 3. The Bertz CT molecular complexity index is 488. The standard InChI is InChI=1S/C11H18N2O3S/c1-7-4-10(12)5-8(2)11(7)17(15,16)13-9(3)6-14/h4-5,9,13-14H,6,12H2,1-3H3/t9-/m1/s1. The molecule has 96 valence electrons. The van der Waals surface area contributed by atoms with Crippen molar-refractivity contribution in [1.29, 1.82) is 0 Å². The van der Waals surface area contributed by atoms with E-state index >= 15 is 0 Å². The number of aliphatic hydroxyl groups is 1. The molecular weight excluding hydrogens is 240 g/mol. The molecule has 0 fully saturated rings. The zero-order chi connectivity index (χ0) is 13.2. The minimum atomic E-state index is -3.62. The van der Waals surface area contributed by atoms with E-state index in [1.807, 2.05) is 0 Å². The largest absolute Gasteiger partial charge is 0.399 e. The summed E-state index contributed by atoms with van der Waals surface area (Å²) in [5.41, 5.74) is 7.37. The molecule has 4 N–H and O–H groups in total. The van der Waals surface area contributed by atoms with Gasteiger partial charge in [-0.2, -0.15) is 0 Å². The highest BCUT2D eigenvalue weighted by Gasteiger charge is 2.21. The van der Waals surface area contributed by atoms with Crippen molar-refractivity contribution in [3.63, 3.8) is 0 Å². The number of anilines is 1. The molecule has 0 spiro atoms. The fourth-order valence-electron chi connectivity index (χ4n) is 1.77. The minimum absolute atomic E-state index is 0.229. The van der Waals surface area contributed by atoms with E-state index in [4.69, 9.17) is 10.8 Å². The van der Waals surface area contributed by atoms with Crippen LogP contribution in [0.15, 0.2) is 17.0 Å². The molecule has 1 aromatic carbocycles. The average molecular weight is 258 g/mol. The van der Waals surface area contributed by atoms with E-state index in [0.29, 0.717) is 16.8 Å². The summed E-state index contributed by atoms with van der Waals surface area (Å²) >= 11 is 0. The van der Waals surface area contributed by atoms with Gasteiger partial charge in [-0.3, -0.25) is 0 Å². The topological polar surface area (TPSA) is 92.4 Å². The van der Waals surface area contributed by atoms with E-state index in [-0.39, 0.29) is 11.5 Å². The van der Waals surface area contributed by atoms with E-state index in [1.165, 1.54) is 0 Å². The van der Waals surface area contributed by atoms with Crippen molar-refractivity contribution in [2.75, 3.05) is 12.3 Å². The van der Waals surface area contributed by atoms with Crippen molar-refractivity contribution in [3.05, 3.63) is 23.3 Å². The van der Waals surface area contributed by atoms with Crippen LogP contribution in [0, 0.1) is 13.8 Å². The van der Waals surface area contributed by atoms with Crippen LogP contribution in [0.25, 0.3) is 0 Å². The Morgan fingerprint density at radius 3 is 2.24 bits per heavy atom. The first kappa shape index (κ1) is 14.0. The van der Waals surface area contributed by atoms with Crippen molar-refractivity contribution >= 4 is 15.7 Å². The van der Waals surface area contributed by atoms with Crippen LogP contribution < -0.4 is 10.5 Å². The highest BCUT2D eigenvalue weighted by atomic mass is 32.2. The lowest BCUT2D eigenvalue weighted by Crippen LogP contribution is -2.35. The van der Waals surface area contributed by atoms with Gasteiger partial charge in [0.1, 0.15) is 0 Å². The van der Waals surface area contributed by atoms with Crippen molar-refractivity contribution in [2.24, 2.45) is 0 Å². The SMILES string of the molecule is Cc1cc(N)cc(C)c1S(=O)(=O)N[C@H](C)CO. The predicted molar refractivity (Wildman–Crippen MR) is 67.2 cm³/mol. The second-order valence-electron chi connectivity index (χ2n) is 4.19. The highest BCUT2D eigenvalue weighted by Crippen LogP contribution is 2.22.